The number of nitro benzene ring substituents is 1. The minimum absolute atomic E-state index is 0.0183. The van der Waals surface area contributed by atoms with E-state index in [1.807, 2.05) is 4.90 Å². The largest absolute Gasteiger partial charge is 0.508 e. The molecule has 13 heteroatoms. The number of aromatic hydroxyl groups is 1. The van der Waals surface area contributed by atoms with Gasteiger partial charge in [-0.2, -0.15) is 9.97 Å². The highest BCUT2D eigenvalue weighted by Gasteiger charge is 2.58. The molecule has 9 rings (SSSR count). The maximum atomic E-state index is 17.2. The second-order valence-electron chi connectivity index (χ2n) is 14.5. The Bertz CT molecular complexity index is 2110. The fraction of sp³-hybridized carbons (Fsp3) is 0.444. The number of benzene rings is 3. The third-order valence-electron chi connectivity index (χ3n) is 11.3. The van der Waals surface area contributed by atoms with Crippen LogP contribution in [-0.4, -0.2) is 88.5 Å². The maximum absolute atomic E-state index is 17.2. The monoisotopic (exact) mass is 668 g/mol. The smallest absolute Gasteiger partial charge is 0.319 e. The summed E-state index contributed by atoms with van der Waals surface area (Å²) >= 11 is 0. The number of piperazine rings is 1. The van der Waals surface area contributed by atoms with Gasteiger partial charge in [0.15, 0.2) is 5.82 Å². The lowest BCUT2D eigenvalue weighted by Crippen LogP contribution is -2.51. The molecule has 252 valence electrons. The zero-order valence-electron chi connectivity index (χ0n) is 26.7. The molecule has 3 aromatic carbocycles. The van der Waals surface area contributed by atoms with Gasteiger partial charge in [0.25, 0.3) is 5.69 Å². The minimum atomic E-state index is -1.01. The molecule has 1 aromatic heterocycles. The van der Waals surface area contributed by atoms with Gasteiger partial charge in [-0.3, -0.25) is 15.0 Å². The van der Waals surface area contributed by atoms with Crippen molar-refractivity contribution in [2.45, 2.75) is 49.7 Å². The van der Waals surface area contributed by atoms with Crippen LogP contribution in [0.25, 0.3) is 32.8 Å². The van der Waals surface area contributed by atoms with Gasteiger partial charge in [-0.05, 0) is 62.2 Å². The predicted octanol–water partition coefficient (Wildman–Crippen LogP) is 4.90. The number of hydrogen-bond donors (Lipinski definition) is 2. The summed E-state index contributed by atoms with van der Waals surface area (Å²) in [5, 5.41) is 27.5. The topological polar surface area (TPSA) is 126 Å². The Hall–Kier alpha value is -4.64. The van der Waals surface area contributed by atoms with E-state index < -0.39 is 27.8 Å². The molecule has 6 heterocycles. The van der Waals surface area contributed by atoms with Gasteiger partial charge in [-0.15, -0.1) is 6.42 Å². The molecule has 0 aliphatic carbocycles. The molecule has 49 heavy (non-hydrogen) atoms. The lowest BCUT2D eigenvalue weighted by molar-refractivity contribution is -0.384. The van der Waals surface area contributed by atoms with E-state index in [-0.39, 0.29) is 62.2 Å². The molecular formula is C36H34F2N6O5. The van der Waals surface area contributed by atoms with Crippen LogP contribution in [-0.2, 0) is 4.74 Å². The number of hydrogen-bond acceptors (Lipinski definition) is 10. The van der Waals surface area contributed by atoms with Crippen molar-refractivity contribution >= 4 is 33.2 Å². The zero-order chi connectivity index (χ0) is 33.7. The third kappa shape index (κ3) is 4.72. The predicted molar refractivity (Wildman–Crippen MR) is 178 cm³/mol. The van der Waals surface area contributed by atoms with Crippen LogP contribution in [0.1, 0.15) is 37.7 Å². The van der Waals surface area contributed by atoms with Crippen LogP contribution in [0.3, 0.4) is 0 Å². The number of phenols is 1. The Labute approximate surface area is 280 Å². The Balaban J connectivity index is 1.23. The second-order valence-corrected chi connectivity index (χ2v) is 14.5. The van der Waals surface area contributed by atoms with Crippen LogP contribution >= 0.6 is 0 Å². The second kappa shape index (κ2) is 10.9. The summed E-state index contributed by atoms with van der Waals surface area (Å²) in [6.45, 7) is 4.87. The first-order valence-corrected chi connectivity index (χ1v) is 16.7. The summed E-state index contributed by atoms with van der Waals surface area (Å²) in [5.41, 5.74) is -1.60. The average Bonchev–Trinajstić information content (AvgIpc) is 3.73. The van der Waals surface area contributed by atoms with Gasteiger partial charge >= 0.3 is 6.01 Å². The van der Waals surface area contributed by atoms with E-state index >= 15 is 4.39 Å². The highest BCUT2D eigenvalue weighted by atomic mass is 19.1. The highest BCUT2D eigenvalue weighted by Crippen LogP contribution is 2.51. The van der Waals surface area contributed by atoms with E-state index in [1.54, 1.807) is 0 Å². The molecule has 0 radical (unpaired) electrons. The van der Waals surface area contributed by atoms with Crippen molar-refractivity contribution in [1.82, 2.24) is 20.2 Å². The number of halogens is 2. The van der Waals surface area contributed by atoms with Crippen molar-refractivity contribution < 1.29 is 28.3 Å². The molecule has 5 aliphatic rings. The Morgan fingerprint density at radius 2 is 1.98 bits per heavy atom. The van der Waals surface area contributed by atoms with Crippen molar-refractivity contribution in [3.8, 4) is 35.2 Å². The number of rotatable bonds is 6. The summed E-state index contributed by atoms with van der Waals surface area (Å²) < 4.78 is 44.3. The summed E-state index contributed by atoms with van der Waals surface area (Å²) in [6.07, 6.45) is 10.6. The molecule has 0 saturated carbocycles. The van der Waals surface area contributed by atoms with Gasteiger partial charge in [-0.25, -0.2) is 8.78 Å². The van der Waals surface area contributed by atoms with Crippen molar-refractivity contribution in [2.24, 2.45) is 5.41 Å². The lowest BCUT2D eigenvalue weighted by atomic mass is 9.78. The summed E-state index contributed by atoms with van der Waals surface area (Å²) in [4.78, 5) is 25.9. The van der Waals surface area contributed by atoms with Gasteiger partial charge in [0, 0.05) is 54.1 Å². The van der Waals surface area contributed by atoms with Gasteiger partial charge < -0.3 is 24.8 Å². The number of fused-ring (bicyclic) bond motifs is 5. The van der Waals surface area contributed by atoms with Crippen molar-refractivity contribution in [3.63, 3.8) is 0 Å². The molecule has 2 N–H and O–H groups in total. The van der Waals surface area contributed by atoms with Crippen LogP contribution < -0.4 is 15.0 Å². The van der Waals surface area contributed by atoms with E-state index in [1.165, 1.54) is 24.3 Å². The molecule has 0 amide bonds. The van der Waals surface area contributed by atoms with Crippen LogP contribution in [0.4, 0.5) is 20.3 Å². The molecule has 2 bridgehead atoms. The van der Waals surface area contributed by atoms with Crippen LogP contribution in [0.15, 0.2) is 30.3 Å². The Morgan fingerprint density at radius 3 is 2.69 bits per heavy atom. The van der Waals surface area contributed by atoms with Crippen molar-refractivity contribution in [1.29, 1.82) is 0 Å². The summed E-state index contributed by atoms with van der Waals surface area (Å²) in [5.74, 6) is 0.614. The standard InChI is InChI=1S/C36H34F2N6O5/c1-2-24-27(37)7-4-20-10-23(45)11-25(29(20)24)30-28(44(46)47)12-26-32(31(30)38)40-34(41-33(26)42-13-21-5-6-22(14-42)39-21)49-19-36-8-3-9-43(36)16-35(15-36)17-48-18-35/h1,4,7,10-12,21-22,39,45H,3,5-6,8-9,13-19H2/t21-,22+,36?. The Kier molecular flexibility index (Phi) is 6.79. The number of anilines is 1. The summed E-state index contributed by atoms with van der Waals surface area (Å²) in [7, 11) is 0. The first-order chi connectivity index (χ1) is 23.7. The van der Waals surface area contributed by atoms with E-state index in [4.69, 9.17) is 20.9 Å². The number of aromatic nitrogens is 2. The fourth-order valence-corrected chi connectivity index (χ4v) is 9.21. The van der Waals surface area contributed by atoms with Crippen LogP contribution in [0.5, 0.6) is 11.8 Å². The van der Waals surface area contributed by atoms with Crippen LogP contribution in [0, 0.1) is 39.5 Å². The van der Waals surface area contributed by atoms with E-state index in [0.29, 0.717) is 30.9 Å². The quantitative estimate of drug-likeness (QED) is 0.167. The summed E-state index contributed by atoms with van der Waals surface area (Å²) in [6, 6.07) is 6.71. The number of phenolic OH excluding ortho intramolecular Hbond substituents is 1. The third-order valence-corrected chi connectivity index (χ3v) is 11.3. The molecule has 5 saturated heterocycles. The van der Waals surface area contributed by atoms with E-state index in [0.717, 1.165) is 64.5 Å². The molecule has 5 fully saturated rings. The zero-order valence-corrected chi connectivity index (χ0v) is 26.7. The number of ether oxygens (including phenoxy) is 2. The Morgan fingerprint density at radius 1 is 1.18 bits per heavy atom. The van der Waals surface area contributed by atoms with E-state index in [2.05, 4.69) is 21.1 Å². The van der Waals surface area contributed by atoms with Gasteiger partial charge in [0.05, 0.1) is 40.2 Å². The maximum Gasteiger partial charge on any atom is 0.319 e. The molecule has 1 unspecified atom stereocenters. The van der Waals surface area contributed by atoms with Gasteiger partial charge in [-0.1, -0.05) is 12.0 Å². The number of terminal acetylenes is 1. The number of nitrogens with one attached hydrogen (secondary N) is 1. The fourth-order valence-electron chi connectivity index (χ4n) is 9.21. The highest BCUT2D eigenvalue weighted by molar-refractivity contribution is 6.06. The minimum Gasteiger partial charge on any atom is -0.508 e. The first-order valence-electron chi connectivity index (χ1n) is 16.7. The van der Waals surface area contributed by atoms with Gasteiger partial charge in [0.2, 0.25) is 0 Å². The van der Waals surface area contributed by atoms with Gasteiger partial charge in [0.1, 0.15) is 29.5 Å². The first kappa shape index (κ1) is 30.4. The molecule has 1 spiro atoms. The van der Waals surface area contributed by atoms with E-state index in [9.17, 15) is 19.6 Å². The number of nitrogens with zero attached hydrogens (tertiary/aromatic N) is 5. The van der Waals surface area contributed by atoms with Crippen LogP contribution in [0.2, 0.25) is 0 Å². The van der Waals surface area contributed by atoms with Crippen molar-refractivity contribution in [3.05, 3.63) is 57.6 Å². The van der Waals surface area contributed by atoms with Crippen molar-refractivity contribution in [2.75, 3.05) is 50.9 Å². The normalized spacial score (nSPS) is 25.5. The molecule has 4 aromatic rings. The number of nitro groups is 1. The average molecular weight is 669 g/mol. The SMILES string of the molecule is C#Cc1c(F)ccc2cc(O)cc(-c3c([N+](=O)[O-])cc4c(N5C[C@H]6CC[C@@H](C5)N6)nc(OCC56CCCN5CC5(COC5)C6)nc4c3F)c12. The lowest BCUT2D eigenvalue weighted by Gasteiger charge is -2.39. The molecular weight excluding hydrogens is 634 g/mol. The molecule has 5 aliphatic heterocycles. The molecule has 11 nitrogen and oxygen atoms in total. The molecule has 3 atom stereocenters.